The van der Waals surface area contributed by atoms with Crippen LogP contribution < -0.4 is 14.4 Å². The van der Waals surface area contributed by atoms with E-state index in [9.17, 15) is 18.0 Å². The van der Waals surface area contributed by atoms with E-state index in [4.69, 9.17) is 4.74 Å². The van der Waals surface area contributed by atoms with Crippen molar-refractivity contribution < 1.29 is 22.7 Å². The lowest BCUT2D eigenvalue weighted by atomic mass is 10.1. The number of hydrogen-bond donors (Lipinski definition) is 1. The number of nitrogens with zero attached hydrogens (tertiary/aromatic N) is 2. The second-order valence-electron chi connectivity index (χ2n) is 8.68. The highest BCUT2D eigenvalue weighted by molar-refractivity contribution is 9.10. The summed E-state index contributed by atoms with van der Waals surface area (Å²) in [6, 6.07) is 13.2. The van der Waals surface area contributed by atoms with E-state index in [-0.39, 0.29) is 18.4 Å². The Bertz CT molecular complexity index is 1110. The van der Waals surface area contributed by atoms with Crippen molar-refractivity contribution >= 4 is 43.5 Å². The number of benzene rings is 2. The van der Waals surface area contributed by atoms with E-state index in [1.165, 1.54) is 4.90 Å². The molecule has 10 heteroatoms. The zero-order chi connectivity index (χ0) is 26.2. The molecule has 1 atom stereocenters. The molecule has 0 bridgehead atoms. The third-order valence-corrected chi connectivity index (χ3v) is 6.99. The SMILES string of the molecule is CC[C@H](C(=O)NCC(C)C)N(Cc1ccc(OC)cc1)C(=O)CN(c1cccc(Br)c1)S(C)(=O)=O. The molecule has 0 aromatic heterocycles. The van der Waals surface area contributed by atoms with E-state index in [2.05, 4.69) is 21.2 Å². The summed E-state index contributed by atoms with van der Waals surface area (Å²) >= 11 is 3.35. The summed E-state index contributed by atoms with van der Waals surface area (Å²) in [4.78, 5) is 28.1. The summed E-state index contributed by atoms with van der Waals surface area (Å²) in [5, 5.41) is 2.90. The highest BCUT2D eigenvalue weighted by Gasteiger charge is 2.31. The predicted octanol–water partition coefficient (Wildman–Crippen LogP) is 3.80. The number of sulfonamides is 1. The zero-order valence-electron chi connectivity index (χ0n) is 20.8. The normalized spacial score (nSPS) is 12.2. The summed E-state index contributed by atoms with van der Waals surface area (Å²) in [6.07, 6.45) is 1.43. The maximum absolute atomic E-state index is 13.6. The second kappa shape index (κ2) is 12.9. The number of amides is 2. The van der Waals surface area contributed by atoms with Gasteiger partial charge < -0.3 is 15.0 Å². The maximum atomic E-state index is 13.6. The first kappa shape index (κ1) is 28.6. The molecule has 0 saturated heterocycles. The number of carbonyl (C=O) groups is 2. The molecule has 8 nitrogen and oxygen atoms in total. The molecule has 0 aliphatic rings. The summed E-state index contributed by atoms with van der Waals surface area (Å²) in [5.41, 5.74) is 1.15. The van der Waals surface area contributed by atoms with Crippen molar-refractivity contribution in [1.82, 2.24) is 10.2 Å². The molecule has 0 spiro atoms. The Morgan fingerprint density at radius 1 is 1.11 bits per heavy atom. The van der Waals surface area contributed by atoms with E-state index in [0.29, 0.717) is 28.9 Å². The third-order valence-electron chi connectivity index (χ3n) is 5.36. The van der Waals surface area contributed by atoms with Crippen molar-refractivity contribution in [2.75, 3.05) is 30.8 Å². The van der Waals surface area contributed by atoms with Gasteiger partial charge >= 0.3 is 0 Å². The van der Waals surface area contributed by atoms with Gasteiger partial charge in [0.15, 0.2) is 0 Å². The molecule has 0 unspecified atom stereocenters. The fraction of sp³-hybridized carbons (Fsp3) is 0.440. The average molecular weight is 569 g/mol. The molecule has 1 N–H and O–H groups in total. The quantitative estimate of drug-likeness (QED) is 0.420. The van der Waals surface area contributed by atoms with E-state index in [1.807, 2.05) is 32.9 Å². The van der Waals surface area contributed by atoms with Gasteiger partial charge in [-0.05, 0) is 48.2 Å². The minimum absolute atomic E-state index is 0.145. The smallest absolute Gasteiger partial charge is 0.244 e. The Labute approximate surface area is 216 Å². The van der Waals surface area contributed by atoms with Gasteiger partial charge in [0.05, 0.1) is 19.1 Å². The first-order chi connectivity index (χ1) is 16.5. The van der Waals surface area contributed by atoms with Gasteiger partial charge in [0, 0.05) is 17.6 Å². The van der Waals surface area contributed by atoms with Crippen molar-refractivity contribution in [1.29, 1.82) is 0 Å². The Hall–Kier alpha value is -2.59. The Morgan fingerprint density at radius 3 is 2.29 bits per heavy atom. The average Bonchev–Trinajstić information content (AvgIpc) is 2.80. The lowest BCUT2D eigenvalue weighted by Crippen LogP contribution is -2.52. The standard InChI is InChI=1S/C25H34BrN3O5S/c1-6-23(25(31)27-15-18(2)3)28(16-19-10-12-22(34-4)13-11-19)24(30)17-29(35(5,32)33)21-9-7-8-20(26)14-21/h7-14,18,23H,6,15-17H2,1-5H3,(H,27,31)/t23-/m1/s1. The van der Waals surface area contributed by atoms with Crippen LogP contribution in [0.1, 0.15) is 32.8 Å². The van der Waals surface area contributed by atoms with Crippen molar-refractivity contribution in [3.05, 3.63) is 58.6 Å². The summed E-state index contributed by atoms with van der Waals surface area (Å²) in [7, 11) is -2.20. The van der Waals surface area contributed by atoms with Gasteiger partial charge in [0.25, 0.3) is 0 Å². The molecule has 2 amide bonds. The number of methoxy groups -OCH3 is 1. The first-order valence-corrected chi connectivity index (χ1v) is 14.0. The van der Waals surface area contributed by atoms with Crippen LogP contribution >= 0.6 is 15.9 Å². The van der Waals surface area contributed by atoms with Crippen molar-refractivity contribution in [2.45, 2.75) is 39.8 Å². The molecule has 2 aromatic rings. The van der Waals surface area contributed by atoms with E-state index >= 15 is 0 Å². The highest BCUT2D eigenvalue weighted by Crippen LogP contribution is 2.23. The van der Waals surface area contributed by atoms with E-state index < -0.39 is 28.5 Å². The molecule has 0 aliphatic heterocycles. The van der Waals surface area contributed by atoms with E-state index in [1.54, 1.807) is 43.5 Å². The maximum Gasteiger partial charge on any atom is 0.244 e. The Morgan fingerprint density at radius 2 is 1.77 bits per heavy atom. The van der Waals surface area contributed by atoms with Gasteiger partial charge in [-0.2, -0.15) is 0 Å². The minimum atomic E-state index is -3.77. The second-order valence-corrected chi connectivity index (χ2v) is 11.5. The molecular weight excluding hydrogens is 534 g/mol. The lowest BCUT2D eigenvalue weighted by Gasteiger charge is -2.33. The van der Waals surface area contributed by atoms with Crippen molar-refractivity contribution in [3.63, 3.8) is 0 Å². The van der Waals surface area contributed by atoms with Crippen LogP contribution in [0.5, 0.6) is 5.75 Å². The number of rotatable bonds is 12. The molecule has 0 saturated carbocycles. The van der Waals surface area contributed by atoms with Gasteiger partial charge in [-0.3, -0.25) is 13.9 Å². The topological polar surface area (TPSA) is 96.0 Å². The minimum Gasteiger partial charge on any atom is -0.497 e. The molecule has 2 aromatic carbocycles. The molecule has 35 heavy (non-hydrogen) atoms. The fourth-order valence-corrected chi connectivity index (χ4v) is 4.74. The predicted molar refractivity (Wildman–Crippen MR) is 142 cm³/mol. The first-order valence-electron chi connectivity index (χ1n) is 11.4. The number of anilines is 1. The lowest BCUT2D eigenvalue weighted by molar-refractivity contribution is -0.140. The van der Waals surface area contributed by atoms with Crippen LogP contribution in [0.4, 0.5) is 5.69 Å². The fourth-order valence-electron chi connectivity index (χ4n) is 3.51. The van der Waals surface area contributed by atoms with Crippen LogP contribution in [0.3, 0.4) is 0 Å². The number of halogens is 1. The van der Waals surface area contributed by atoms with Gasteiger partial charge in [0.2, 0.25) is 21.8 Å². The van der Waals surface area contributed by atoms with Crippen molar-refractivity contribution in [2.24, 2.45) is 5.92 Å². The van der Waals surface area contributed by atoms with Gasteiger partial charge in [0.1, 0.15) is 18.3 Å². The zero-order valence-corrected chi connectivity index (χ0v) is 23.2. The van der Waals surface area contributed by atoms with Gasteiger partial charge in [-0.25, -0.2) is 8.42 Å². The summed E-state index contributed by atoms with van der Waals surface area (Å²) in [5.74, 6) is 0.180. The van der Waals surface area contributed by atoms with Crippen LogP contribution in [-0.2, 0) is 26.2 Å². The summed E-state index contributed by atoms with van der Waals surface area (Å²) < 4.78 is 32.2. The number of nitrogens with one attached hydrogen (secondary N) is 1. The molecule has 0 heterocycles. The number of carbonyl (C=O) groups excluding carboxylic acids is 2. The molecule has 0 aliphatic carbocycles. The van der Waals surface area contributed by atoms with Crippen LogP contribution in [-0.4, -0.2) is 57.6 Å². The van der Waals surface area contributed by atoms with Gasteiger partial charge in [-0.15, -0.1) is 0 Å². The highest BCUT2D eigenvalue weighted by atomic mass is 79.9. The van der Waals surface area contributed by atoms with Crippen LogP contribution in [0, 0.1) is 5.92 Å². The molecule has 0 radical (unpaired) electrons. The molecule has 2 rings (SSSR count). The molecule has 0 fully saturated rings. The Kier molecular flexibility index (Phi) is 10.6. The number of hydrogen-bond acceptors (Lipinski definition) is 5. The monoisotopic (exact) mass is 567 g/mol. The molecule has 192 valence electrons. The van der Waals surface area contributed by atoms with Gasteiger partial charge in [-0.1, -0.05) is 54.9 Å². The summed E-state index contributed by atoms with van der Waals surface area (Å²) in [6.45, 7) is 6.00. The molecular formula is C25H34BrN3O5S. The van der Waals surface area contributed by atoms with Crippen LogP contribution in [0.2, 0.25) is 0 Å². The third kappa shape index (κ3) is 8.54. The van der Waals surface area contributed by atoms with Crippen molar-refractivity contribution in [3.8, 4) is 5.75 Å². The largest absolute Gasteiger partial charge is 0.497 e. The van der Waals surface area contributed by atoms with Crippen LogP contribution in [0.25, 0.3) is 0 Å². The number of ether oxygens (including phenoxy) is 1. The van der Waals surface area contributed by atoms with Crippen LogP contribution in [0.15, 0.2) is 53.0 Å². The van der Waals surface area contributed by atoms with E-state index in [0.717, 1.165) is 16.1 Å². The Balaban J connectivity index is 2.41.